The van der Waals surface area contributed by atoms with Crippen molar-refractivity contribution in [1.29, 1.82) is 0 Å². The Morgan fingerprint density at radius 1 is 1.30 bits per heavy atom. The smallest absolute Gasteiger partial charge is 0.107 e. The number of aromatic nitrogens is 1. The highest BCUT2D eigenvalue weighted by Crippen LogP contribution is 2.39. The number of benzene rings is 1. The van der Waals surface area contributed by atoms with Crippen molar-refractivity contribution in [3.8, 4) is 0 Å². The van der Waals surface area contributed by atoms with Gasteiger partial charge in [0.25, 0.3) is 0 Å². The van der Waals surface area contributed by atoms with Crippen LogP contribution in [0, 0.1) is 6.92 Å². The molecule has 0 bridgehead atoms. The molecule has 1 aliphatic rings. The molecule has 0 amide bonds. The molecule has 0 fully saturated rings. The van der Waals surface area contributed by atoms with E-state index in [9.17, 15) is 0 Å². The predicted molar refractivity (Wildman–Crippen MR) is 83.2 cm³/mol. The molecule has 1 unspecified atom stereocenters. The standard InChI is InChI=1S/C17H24N2O/c1-13-14-7-5-6-8-15(14)19-11-12-20-17(2,16(13)19)9-10-18(3)4/h5-8H,9-12H2,1-4H3. The van der Waals surface area contributed by atoms with E-state index >= 15 is 0 Å². The fourth-order valence-corrected chi connectivity index (χ4v) is 3.45. The number of rotatable bonds is 3. The first-order chi connectivity index (χ1) is 9.53. The minimum absolute atomic E-state index is 0.175. The Hall–Kier alpha value is -1.32. The number of hydrogen-bond acceptors (Lipinski definition) is 2. The number of hydrogen-bond donors (Lipinski definition) is 0. The highest BCUT2D eigenvalue weighted by molar-refractivity contribution is 5.85. The largest absolute Gasteiger partial charge is 0.367 e. The maximum absolute atomic E-state index is 6.21. The van der Waals surface area contributed by atoms with Crippen LogP contribution >= 0.6 is 0 Å². The Morgan fingerprint density at radius 3 is 2.80 bits per heavy atom. The van der Waals surface area contributed by atoms with Gasteiger partial charge >= 0.3 is 0 Å². The van der Waals surface area contributed by atoms with E-state index in [1.807, 2.05) is 0 Å². The molecular weight excluding hydrogens is 248 g/mol. The minimum atomic E-state index is -0.175. The van der Waals surface area contributed by atoms with Crippen LogP contribution < -0.4 is 0 Å². The van der Waals surface area contributed by atoms with Crippen molar-refractivity contribution < 1.29 is 4.74 Å². The molecule has 2 heterocycles. The van der Waals surface area contributed by atoms with Gasteiger partial charge in [0.15, 0.2) is 0 Å². The van der Waals surface area contributed by atoms with Crippen molar-refractivity contribution in [3.05, 3.63) is 35.5 Å². The molecule has 3 rings (SSSR count). The molecule has 0 saturated carbocycles. The summed E-state index contributed by atoms with van der Waals surface area (Å²) in [7, 11) is 4.24. The third-order valence-electron chi connectivity index (χ3n) is 4.50. The predicted octanol–water partition coefficient (Wildman–Crippen LogP) is 3.15. The van der Waals surface area contributed by atoms with Crippen LogP contribution in [-0.4, -0.2) is 36.7 Å². The Balaban J connectivity index is 2.12. The van der Waals surface area contributed by atoms with Crippen LogP contribution in [0.25, 0.3) is 10.9 Å². The highest BCUT2D eigenvalue weighted by atomic mass is 16.5. The molecule has 108 valence electrons. The summed E-state index contributed by atoms with van der Waals surface area (Å²) in [5.41, 5.74) is 3.92. The first-order valence-electron chi connectivity index (χ1n) is 7.40. The fraction of sp³-hybridized carbons (Fsp3) is 0.529. The van der Waals surface area contributed by atoms with Crippen molar-refractivity contribution in [3.63, 3.8) is 0 Å². The maximum Gasteiger partial charge on any atom is 0.107 e. The lowest BCUT2D eigenvalue weighted by Gasteiger charge is -2.37. The lowest BCUT2D eigenvalue weighted by Crippen LogP contribution is -2.38. The average molecular weight is 272 g/mol. The van der Waals surface area contributed by atoms with Gasteiger partial charge in [0.1, 0.15) is 5.60 Å². The number of fused-ring (bicyclic) bond motifs is 3. The SMILES string of the molecule is Cc1c2n(c3ccccc13)CCOC2(C)CCN(C)C. The number of para-hydroxylation sites is 1. The second-order valence-electron chi connectivity index (χ2n) is 6.27. The molecule has 1 atom stereocenters. The van der Waals surface area contributed by atoms with Gasteiger partial charge in [-0.15, -0.1) is 0 Å². The summed E-state index contributed by atoms with van der Waals surface area (Å²) in [6.07, 6.45) is 1.02. The van der Waals surface area contributed by atoms with Gasteiger partial charge in [-0.25, -0.2) is 0 Å². The second kappa shape index (κ2) is 4.90. The monoisotopic (exact) mass is 272 g/mol. The van der Waals surface area contributed by atoms with Gasteiger partial charge in [0.2, 0.25) is 0 Å². The van der Waals surface area contributed by atoms with Crippen LogP contribution in [0.5, 0.6) is 0 Å². The van der Waals surface area contributed by atoms with Crippen LogP contribution in [0.4, 0.5) is 0 Å². The van der Waals surface area contributed by atoms with Crippen molar-refractivity contribution in [1.82, 2.24) is 9.47 Å². The van der Waals surface area contributed by atoms with Gasteiger partial charge in [-0.3, -0.25) is 0 Å². The first kappa shape index (κ1) is 13.7. The van der Waals surface area contributed by atoms with E-state index in [1.165, 1.54) is 22.2 Å². The first-order valence-corrected chi connectivity index (χ1v) is 7.40. The van der Waals surface area contributed by atoms with E-state index in [0.29, 0.717) is 0 Å². The van der Waals surface area contributed by atoms with Crippen molar-refractivity contribution >= 4 is 10.9 Å². The van der Waals surface area contributed by atoms with Gasteiger partial charge in [0.05, 0.1) is 12.3 Å². The summed E-state index contributed by atoms with van der Waals surface area (Å²) >= 11 is 0. The number of aryl methyl sites for hydroxylation is 1. The Kier molecular flexibility index (Phi) is 3.35. The lowest BCUT2D eigenvalue weighted by molar-refractivity contribution is -0.0721. The third kappa shape index (κ3) is 2.05. The molecule has 20 heavy (non-hydrogen) atoms. The molecule has 3 heteroatoms. The van der Waals surface area contributed by atoms with Gasteiger partial charge in [0, 0.05) is 24.0 Å². The topological polar surface area (TPSA) is 17.4 Å². The number of ether oxygens (including phenoxy) is 1. The summed E-state index contributed by atoms with van der Waals surface area (Å²) < 4.78 is 8.67. The molecule has 1 aromatic heterocycles. The molecule has 0 spiro atoms. The summed E-state index contributed by atoms with van der Waals surface area (Å²) in [6, 6.07) is 8.70. The summed E-state index contributed by atoms with van der Waals surface area (Å²) in [5.74, 6) is 0. The van der Waals surface area contributed by atoms with Gasteiger partial charge in [-0.1, -0.05) is 18.2 Å². The van der Waals surface area contributed by atoms with Gasteiger partial charge in [-0.05, 0) is 46.0 Å². The summed E-state index contributed by atoms with van der Waals surface area (Å²) in [4.78, 5) is 2.23. The van der Waals surface area contributed by atoms with Crippen LogP contribution in [0.2, 0.25) is 0 Å². The molecule has 0 aliphatic carbocycles. The van der Waals surface area contributed by atoms with Gasteiger partial charge < -0.3 is 14.2 Å². The van der Waals surface area contributed by atoms with Crippen molar-refractivity contribution in [2.24, 2.45) is 0 Å². The molecule has 0 radical (unpaired) electrons. The zero-order valence-electron chi connectivity index (χ0n) is 12.9. The maximum atomic E-state index is 6.21. The van der Waals surface area contributed by atoms with Crippen LogP contribution in [0.3, 0.4) is 0 Å². The van der Waals surface area contributed by atoms with E-state index < -0.39 is 0 Å². The fourth-order valence-electron chi connectivity index (χ4n) is 3.45. The van der Waals surface area contributed by atoms with Crippen molar-refractivity contribution in [2.75, 3.05) is 27.2 Å². The molecule has 1 aliphatic heterocycles. The lowest BCUT2D eigenvalue weighted by atomic mass is 9.93. The molecule has 2 aromatic rings. The zero-order chi connectivity index (χ0) is 14.3. The summed E-state index contributed by atoms with van der Waals surface area (Å²) in [6.45, 7) is 7.28. The van der Waals surface area contributed by atoms with Crippen LogP contribution in [-0.2, 0) is 16.9 Å². The quantitative estimate of drug-likeness (QED) is 0.854. The van der Waals surface area contributed by atoms with E-state index in [-0.39, 0.29) is 5.60 Å². The second-order valence-corrected chi connectivity index (χ2v) is 6.27. The summed E-state index contributed by atoms with van der Waals surface area (Å²) in [5, 5.41) is 1.36. The van der Waals surface area contributed by atoms with Crippen LogP contribution in [0.1, 0.15) is 24.6 Å². The third-order valence-corrected chi connectivity index (χ3v) is 4.50. The van der Waals surface area contributed by atoms with E-state index in [4.69, 9.17) is 4.74 Å². The molecule has 0 saturated heterocycles. The normalized spacial score (nSPS) is 22.4. The molecule has 3 nitrogen and oxygen atoms in total. The zero-order valence-corrected chi connectivity index (χ0v) is 12.9. The Morgan fingerprint density at radius 2 is 2.05 bits per heavy atom. The number of nitrogens with zero attached hydrogens (tertiary/aromatic N) is 2. The molecule has 0 N–H and O–H groups in total. The van der Waals surface area contributed by atoms with Crippen molar-refractivity contribution in [2.45, 2.75) is 32.4 Å². The van der Waals surface area contributed by atoms with E-state index in [1.54, 1.807) is 0 Å². The molecule has 1 aromatic carbocycles. The average Bonchev–Trinajstić information content (AvgIpc) is 2.73. The van der Waals surface area contributed by atoms with Gasteiger partial charge in [-0.2, -0.15) is 0 Å². The highest BCUT2D eigenvalue weighted by Gasteiger charge is 2.36. The Labute approximate surface area is 121 Å². The molecular formula is C17H24N2O. The van der Waals surface area contributed by atoms with Crippen LogP contribution in [0.15, 0.2) is 24.3 Å². The minimum Gasteiger partial charge on any atom is -0.367 e. The van der Waals surface area contributed by atoms with E-state index in [2.05, 4.69) is 61.7 Å². The Bertz CT molecular complexity index is 629. The van der Waals surface area contributed by atoms with E-state index in [0.717, 1.165) is 26.1 Å².